The van der Waals surface area contributed by atoms with Gasteiger partial charge in [-0.25, -0.2) is 0 Å². The maximum Gasteiger partial charge on any atom is 0.171 e. The quantitative estimate of drug-likeness (QED) is 0.868. The highest BCUT2D eigenvalue weighted by Crippen LogP contribution is 2.24. The number of piperidine rings is 1. The fourth-order valence-corrected chi connectivity index (χ4v) is 4.76. The number of Topliss-reactive ketones (excluding diaryl/α,β-unsaturated/α-hetero) is 1. The van der Waals surface area contributed by atoms with E-state index in [1.807, 2.05) is 24.3 Å². The van der Waals surface area contributed by atoms with Crippen LogP contribution in [0.5, 0.6) is 5.75 Å². The molecule has 0 spiro atoms. The lowest BCUT2D eigenvalue weighted by Crippen LogP contribution is -3.17. The van der Waals surface area contributed by atoms with Gasteiger partial charge in [0.25, 0.3) is 0 Å². The van der Waals surface area contributed by atoms with Gasteiger partial charge in [0.1, 0.15) is 5.75 Å². The third kappa shape index (κ3) is 3.43. The van der Waals surface area contributed by atoms with Crippen LogP contribution in [-0.4, -0.2) is 32.0 Å². The van der Waals surface area contributed by atoms with Gasteiger partial charge in [0.15, 0.2) is 5.78 Å². The molecule has 0 radical (unpaired) electrons. The third-order valence-electron chi connectivity index (χ3n) is 6.19. The molecule has 1 saturated heterocycles. The van der Waals surface area contributed by atoms with E-state index in [0.29, 0.717) is 5.78 Å². The first-order valence-corrected chi connectivity index (χ1v) is 9.71. The van der Waals surface area contributed by atoms with Crippen LogP contribution in [0.2, 0.25) is 0 Å². The summed E-state index contributed by atoms with van der Waals surface area (Å²) < 4.78 is 5.29. The van der Waals surface area contributed by atoms with Crippen molar-refractivity contribution in [3.8, 4) is 5.75 Å². The summed E-state index contributed by atoms with van der Waals surface area (Å²) in [6.45, 7) is 2.29. The molecule has 2 atom stereocenters. The number of hydrogen-bond donors (Lipinski definition) is 1. The van der Waals surface area contributed by atoms with Gasteiger partial charge in [-0.3, -0.25) is 4.79 Å². The molecule has 25 heavy (non-hydrogen) atoms. The lowest BCUT2D eigenvalue weighted by Gasteiger charge is -2.33. The maximum absolute atomic E-state index is 13.1. The standard InChI is InChI=1S/C22H27NO2/c1-25-21-11-10-16-13-18(9-8-17(16)14-21)22(24)19-5-4-12-23(15-19)20-6-2-3-7-20/h8-11,13-14,19-20H,2-7,12,15H2,1H3/p+1/t19-/m1/s1. The van der Waals surface area contributed by atoms with Crippen LogP contribution in [0, 0.1) is 5.92 Å². The summed E-state index contributed by atoms with van der Waals surface area (Å²) in [4.78, 5) is 14.8. The van der Waals surface area contributed by atoms with Crippen LogP contribution in [0.3, 0.4) is 0 Å². The summed E-state index contributed by atoms with van der Waals surface area (Å²) >= 11 is 0. The predicted octanol–water partition coefficient (Wildman–Crippen LogP) is 3.27. The highest BCUT2D eigenvalue weighted by molar-refractivity contribution is 6.01. The van der Waals surface area contributed by atoms with Gasteiger partial charge in [0, 0.05) is 5.56 Å². The van der Waals surface area contributed by atoms with E-state index in [-0.39, 0.29) is 5.92 Å². The number of hydrogen-bond acceptors (Lipinski definition) is 2. The zero-order chi connectivity index (χ0) is 17.2. The topological polar surface area (TPSA) is 30.7 Å². The van der Waals surface area contributed by atoms with Crippen LogP contribution in [0.4, 0.5) is 0 Å². The molecule has 2 fully saturated rings. The molecular formula is C22H28NO2+. The van der Waals surface area contributed by atoms with Crippen LogP contribution in [-0.2, 0) is 0 Å². The second-order valence-electron chi connectivity index (χ2n) is 7.73. The number of carbonyl (C=O) groups excluding carboxylic acids is 1. The number of benzene rings is 2. The normalized spacial score (nSPS) is 24.5. The number of nitrogens with one attached hydrogen (secondary N) is 1. The minimum absolute atomic E-state index is 0.194. The Labute approximate surface area is 150 Å². The molecule has 0 bridgehead atoms. The zero-order valence-electron chi connectivity index (χ0n) is 15.1. The molecule has 3 heteroatoms. The maximum atomic E-state index is 13.1. The highest BCUT2D eigenvalue weighted by atomic mass is 16.5. The zero-order valence-corrected chi connectivity index (χ0v) is 15.1. The summed E-state index contributed by atoms with van der Waals surface area (Å²) in [5.41, 5.74) is 0.871. The van der Waals surface area contributed by atoms with Gasteiger partial charge in [0.05, 0.1) is 32.2 Å². The first-order chi connectivity index (χ1) is 12.2. The lowest BCUT2D eigenvalue weighted by atomic mass is 9.88. The predicted molar refractivity (Wildman–Crippen MR) is 101 cm³/mol. The van der Waals surface area contributed by atoms with Crippen LogP contribution in [0.1, 0.15) is 48.9 Å². The Morgan fingerprint density at radius 2 is 1.76 bits per heavy atom. The average molecular weight is 338 g/mol. The third-order valence-corrected chi connectivity index (χ3v) is 6.19. The number of methoxy groups -OCH3 is 1. The molecule has 2 aromatic rings. The van der Waals surface area contributed by atoms with Crippen molar-refractivity contribution in [3.63, 3.8) is 0 Å². The summed E-state index contributed by atoms with van der Waals surface area (Å²) in [7, 11) is 1.68. The van der Waals surface area contributed by atoms with Gasteiger partial charge in [-0.1, -0.05) is 18.2 Å². The van der Waals surface area contributed by atoms with Gasteiger partial charge in [0.2, 0.25) is 0 Å². The molecule has 1 aliphatic heterocycles. The van der Waals surface area contributed by atoms with Crippen molar-refractivity contribution in [2.75, 3.05) is 20.2 Å². The Balaban J connectivity index is 1.52. The van der Waals surface area contributed by atoms with E-state index < -0.39 is 0 Å². The van der Waals surface area contributed by atoms with Crippen molar-refractivity contribution in [2.45, 2.75) is 44.6 Å². The Kier molecular flexibility index (Phi) is 4.76. The molecule has 1 unspecified atom stereocenters. The first kappa shape index (κ1) is 16.6. The van der Waals surface area contributed by atoms with Gasteiger partial charge >= 0.3 is 0 Å². The monoisotopic (exact) mass is 338 g/mol. The molecule has 132 valence electrons. The molecule has 0 aromatic heterocycles. The molecule has 3 nitrogen and oxygen atoms in total. The van der Waals surface area contributed by atoms with Crippen molar-refractivity contribution < 1.29 is 14.4 Å². The number of ether oxygens (including phenoxy) is 1. The molecule has 1 N–H and O–H groups in total. The Bertz CT molecular complexity index is 764. The average Bonchev–Trinajstić information content (AvgIpc) is 3.21. The minimum Gasteiger partial charge on any atom is -0.497 e. The Morgan fingerprint density at radius 1 is 1.00 bits per heavy atom. The van der Waals surface area contributed by atoms with Crippen LogP contribution in [0.25, 0.3) is 10.8 Å². The van der Waals surface area contributed by atoms with Crippen molar-refractivity contribution in [2.24, 2.45) is 5.92 Å². The second kappa shape index (κ2) is 7.17. The van der Waals surface area contributed by atoms with E-state index in [1.54, 1.807) is 12.0 Å². The number of quaternary nitrogens is 1. The van der Waals surface area contributed by atoms with Crippen molar-refractivity contribution in [3.05, 3.63) is 42.0 Å². The van der Waals surface area contributed by atoms with E-state index in [2.05, 4.69) is 12.1 Å². The second-order valence-corrected chi connectivity index (χ2v) is 7.73. The smallest absolute Gasteiger partial charge is 0.171 e. The van der Waals surface area contributed by atoms with E-state index >= 15 is 0 Å². The van der Waals surface area contributed by atoms with E-state index in [0.717, 1.165) is 41.1 Å². The largest absolute Gasteiger partial charge is 0.497 e. The molecule has 2 aromatic carbocycles. The number of likely N-dealkylation sites (tertiary alicyclic amines) is 1. The van der Waals surface area contributed by atoms with Gasteiger partial charge in [-0.2, -0.15) is 0 Å². The van der Waals surface area contributed by atoms with E-state index in [1.165, 1.54) is 38.6 Å². The number of fused-ring (bicyclic) bond motifs is 1. The van der Waals surface area contributed by atoms with Gasteiger partial charge in [-0.05, 0) is 67.5 Å². The van der Waals surface area contributed by atoms with Crippen molar-refractivity contribution in [1.82, 2.24) is 0 Å². The van der Waals surface area contributed by atoms with Crippen molar-refractivity contribution >= 4 is 16.6 Å². The molecule has 2 aliphatic rings. The molecule has 1 aliphatic carbocycles. The summed E-state index contributed by atoms with van der Waals surface area (Å²) in [5.74, 6) is 1.39. The molecule has 0 amide bonds. The van der Waals surface area contributed by atoms with Crippen LogP contribution in [0.15, 0.2) is 36.4 Å². The Morgan fingerprint density at radius 3 is 2.56 bits per heavy atom. The minimum atomic E-state index is 0.194. The van der Waals surface area contributed by atoms with Crippen LogP contribution < -0.4 is 9.64 Å². The summed E-state index contributed by atoms with van der Waals surface area (Å²) in [6, 6.07) is 12.9. The molecule has 1 saturated carbocycles. The Hall–Kier alpha value is -1.87. The number of carbonyl (C=O) groups is 1. The highest BCUT2D eigenvalue weighted by Gasteiger charge is 2.34. The summed E-state index contributed by atoms with van der Waals surface area (Å²) in [6.07, 6.45) is 7.70. The van der Waals surface area contributed by atoms with Gasteiger partial charge < -0.3 is 9.64 Å². The first-order valence-electron chi connectivity index (χ1n) is 9.71. The van der Waals surface area contributed by atoms with Gasteiger partial charge in [-0.15, -0.1) is 0 Å². The lowest BCUT2D eigenvalue weighted by molar-refractivity contribution is -0.931. The fraction of sp³-hybridized carbons (Fsp3) is 0.500. The fourth-order valence-electron chi connectivity index (χ4n) is 4.76. The molecular weight excluding hydrogens is 310 g/mol. The summed E-state index contributed by atoms with van der Waals surface area (Å²) in [5, 5.41) is 2.24. The number of rotatable bonds is 4. The van der Waals surface area contributed by atoms with E-state index in [9.17, 15) is 4.79 Å². The molecule has 1 heterocycles. The van der Waals surface area contributed by atoms with Crippen LogP contribution >= 0.6 is 0 Å². The SMILES string of the molecule is COc1ccc2cc(C(=O)[C@@H]3CCC[NH+](C4CCCC4)C3)ccc2c1. The van der Waals surface area contributed by atoms with E-state index in [4.69, 9.17) is 4.74 Å². The number of ketones is 1. The molecule has 4 rings (SSSR count). The van der Waals surface area contributed by atoms with Crippen molar-refractivity contribution in [1.29, 1.82) is 0 Å².